The Labute approximate surface area is 71.7 Å². The summed E-state index contributed by atoms with van der Waals surface area (Å²) in [6.07, 6.45) is 0. The minimum atomic E-state index is -0.0744. The van der Waals surface area contributed by atoms with Crippen LogP contribution in [0.5, 0.6) is 11.5 Å². The molecule has 1 aromatic carbocycles. The molecule has 0 unspecified atom stereocenters. The molecular formula is C9H13NO2. The minimum Gasteiger partial charge on any atom is -0.504 e. The van der Waals surface area contributed by atoms with Crippen molar-refractivity contribution < 1.29 is 10.2 Å². The van der Waals surface area contributed by atoms with Crippen LogP contribution >= 0.6 is 0 Å². The maximum Gasteiger partial charge on any atom is 0.162 e. The molecule has 0 radical (unpaired) electrons. The molecule has 0 aliphatic heterocycles. The van der Waals surface area contributed by atoms with E-state index < -0.39 is 0 Å². The molecule has 1 atom stereocenters. The summed E-state index contributed by atoms with van der Waals surface area (Å²) in [6, 6.07) is 4.98. The molecule has 1 rings (SSSR count). The van der Waals surface area contributed by atoms with Crippen molar-refractivity contribution >= 4 is 0 Å². The molecule has 0 spiro atoms. The van der Waals surface area contributed by atoms with E-state index in [4.69, 9.17) is 5.11 Å². The number of hydrogen-bond acceptors (Lipinski definition) is 3. The van der Waals surface area contributed by atoms with Gasteiger partial charge in [0, 0.05) is 11.6 Å². The molecule has 0 aliphatic rings. The lowest BCUT2D eigenvalue weighted by atomic mass is 10.1. The van der Waals surface area contributed by atoms with E-state index in [1.807, 2.05) is 6.92 Å². The average Bonchev–Trinajstić information content (AvgIpc) is 2.08. The average molecular weight is 167 g/mol. The van der Waals surface area contributed by atoms with Crippen molar-refractivity contribution in [3.63, 3.8) is 0 Å². The van der Waals surface area contributed by atoms with Crippen LogP contribution < -0.4 is 5.32 Å². The number of rotatable bonds is 2. The zero-order valence-corrected chi connectivity index (χ0v) is 7.20. The molecular weight excluding hydrogens is 154 g/mol. The summed E-state index contributed by atoms with van der Waals surface area (Å²) in [4.78, 5) is 0. The van der Waals surface area contributed by atoms with Gasteiger partial charge in [-0.2, -0.15) is 0 Å². The molecule has 0 aliphatic carbocycles. The molecule has 3 nitrogen and oxygen atoms in total. The number of phenols is 2. The van der Waals surface area contributed by atoms with Crippen molar-refractivity contribution in [2.24, 2.45) is 0 Å². The third-order valence-corrected chi connectivity index (χ3v) is 1.95. The van der Waals surface area contributed by atoms with Crippen molar-refractivity contribution in [1.82, 2.24) is 5.32 Å². The van der Waals surface area contributed by atoms with Gasteiger partial charge >= 0.3 is 0 Å². The van der Waals surface area contributed by atoms with Gasteiger partial charge in [-0.1, -0.05) is 12.1 Å². The third-order valence-electron chi connectivity index (χ3n) is 1.95. The van der Waals surface area contributed by atoms with Gasteiger partial charge in [0.05, 0.1) is 0 Å². The SMILES string of the molecule is CN[C@H](C)c1cccc(O)c1O. The monoisotopic (exact) mass is 167 g/mol. The molecule has 66 valence electrons. The first-order valence-electron chi connectivity index (χ1n) is 3.85. The van der Waals surface area contributed by atoms with E-state index in [-0.39, 0.29) is 17.5 Å². The first kappa shape index (κ1) is 8.87. The number of aromatic hydroxyl groups is 2. The fourth-order valence-corrected chi connectivity index (χ4v) is 1.05. The summed E-state index contributed by atoms with van der Waals surface area (Å²) < 4.78 is 0. The zero-order chi connectivity index (χ0) is 9.14. The van der Waals surface area contributed by atoms with Crippen LogP contribution in [-0.2, 0) is 0 Å². The highest BCUT2D eigenvalue weighted by Gasteiger charge is 2.10. The zero-order valence-electron chi connectivity index (χ0n) is 7.20. The topological polar surface area (TPSA) is 52.5 Å². The van der Waals surface area contributed by atoms with Gasteiger partial charge in [-0.15, -0.1) is 0 Å². The second-order valence-corrected chi connectivity index (χ2v) is 2.73. The van der Waals surface area contributed by atoms with Crippen molar-refractivity contribution in [1.29, 1.82) is 0 Å². The predicted octanol–water partition coefficient (Wildman–Crippen LogP) is 1.38. The lowest BCUT2D eigenvalue weighted by Gasteiger charge is -2.12. The highest BCUT2D eigenvalue weighted by Crippen LogP contribution is 2.31. The first-order valence-corrected chi connectivity index (χ1v) is 3.85. The lowest BCUT2D eigenvalue weighted by Crippen LogP contribution is -2.12. The van der Waals surface area contributed by atoms with Gasteiger partial charge in [-0.05, 0) is 20.0 Å². The van der Waals surface area contributed by atoms with Gasteiger partial charge in [0.15, 0.2) is 11.5 Å². The van der Waals surface area contributed by atoms with Gasteiger partial charge < -0.3 is 15.5 Å². The Balaban J connectivity index is 3.07. The fourth-order valence-electron chi connectivity index (χ4n) is 1.05. The van der Waals surface area contributed by atoms with E-state index in [9.17, 15) is 5.11 Å². The largest absolute Gasteiger partial charge is 0.504 e. The standard InChI is InChI=1S/C9H13NO2/c1-6(10-2)7-4-3-5-8(11)9(7)12/h3-6,10-12H,1-2H3/t6-/m1/s1. The second-order valence-electron chi connectivity index (χ2n) is 2.73. The molecule has 12 heavy (non-hydrogen) atoms. The summed E-state index contributed by atoms with van der Waals surface area (Å²) in [7, 11) is 1.80. The molecule has 1 aromatic rings. The van der Waals surface area contributed by atoms with E-state index in [1.54, 1.807) is 19.2 Å². The second kappa shape index (κ2) is 3.45. The Bertz CT molecular complexity index is 273. The molecule has 0 saturated carbocycles. The normalized spacial score (nSPS) is 12.8. The Morgan fingerprint density at radius 3 is 2.58 bits per heavy atom. The van der Waals surface area contributed by atoms with Crippen LogP contribution in [0.4, 0.5) is 0 Å². The van der Waals surface area contributed by atoms with E-state index in [1.165, 1.54) is 6.07 Å². The van der Waals surface area contributed by atoms with Crippen molar-refractivity contribution in [3.05, 3.63) is 23.8 Å². The highest BCUT2D eigenvalue weighted by atomic mass is 16.3. The summed E-state index contributed by atoms with van der Waals surface area (Å²) in [5, 5.41) is 21.6. The van der Waals surface area contributed by atoms with Gasteiger partial charge in [0.2, 0.25) is 0 Å². The van der Waals surface area contributed by atoms with Crippen LogP contribution in [0.1, 0.15) is 18.5 Å². The molecule has 0 bridgehead atoms. The number of hydrogen-bond donors (Lipinski definition) is 3. The fraction of sp³-hybridized carbons (Fsp3) is 0.333. The third kappa shape index (κ3) is 1.51. The molecule has 0 aromatic heterocycles. The van der Waals surface area contributed by atoms with Crippen molar-refractivity contribution in [2.45, 2.75) is 13.0 Å². The van der Waals surface area contributed by atoms with Crippen molar-refractivity contribution in [2.75, 3.05) is 7.05 Å². The maximum absolute atomic E-state index is 9.41. The van der Waals surface area contributed by atoms with Gasteiger partial charge in [-0.3, -0.25) is 0 Å². The van der Waals surface area contributed by atoms with Crippen LogP contribution in [0.25, 0.3) is 0 Å². The summed E-state index contributed by atoms with van der Waals surface area (Å²) in [5.74, 6) is -0.117. The van der Waals surface area contributed by atoms with E-state index in [0.717, 1.165) is 0 Å². The predicted molar refractivity (Wildman–Crippen MR) is 47.2 cm³/mol. The van der Waals surface area contributed by atoms with E-state index in [0.29, 0.717) is 5.56 Å². The quantitative estimate of drug-likeness (QED) is 0.583. The number of para-hydroxylation sites is 1. The van der Waals surface area contributed by atoms with Crippen LogP contribution in [-0.4, -0.2) is 17.3 Å². The molecule has 0 heterocycles. The minimum absolute atomic E-state index is 0.0390. The van der Waals surface area contributed by atoms with Gasteiger partial charge in [-0.25, -0.2) is 0 Å². The highest BCUT2D eigenvalue weighted by molar-refractivity contribution is 5.45. The first-order chi connectivity index (χ1) is 5.66. The van der Waals surface area contributed by atoms with Crippen LogP contribution in [0.15, 0.2) is 18.2 Å². The number of benzene rings is 1. The molecule has 0 saturated heterocycles. The maximum atomic E-state index is 9.41. The van der Waals surface area contributed by atoms with Gasteiger partial charge in [0.25, 0.3) is 0 Å². The summed E-state index contributed by atoms with van der Waals surface area (Å²) >= 11 is 0. The Morgan fingerprint density at radius 2 is 2.00 bits per heavy atom. The lowest BCUT2D eigenvalue weighted by molar-refractivity contribution is 0.394. The van der Waals surface area contributed by atoms with E-state index >= 15 is 0 Å². The van der Waals surface area contributed by atoms with Crippen LogP contribution in [0.3, 0.4) is 0 Å². The Hall–Kier alpha value is -1.22. The molecule has 3 heteroatoms. The van der Waals surface area contributed by atoms with Gasteiger partial charge in [0.1, 0.15) is 0 Å². The van der Waals surface area contributed by atoms with Crippen molar-refractivity contribution in [3.8, 4) is 11.5 Å². The van der Waals surface area contributed by atoms with E-state index in [2.05, 4.69) is 5.32 Å². The van der Waals surface area contributed by atoms with Crippen LogP contribution in [0, 0.1) is 0 Å². The summed E-state index contributed by atoms with van der Waals surface area (Å²) in [6.45, 7) is 1.91. The number of phenolic OH excluding ortho intramolecular Hbond substituents is 2. The number of nitrogens with one attached hydrogen (secondary N) is 1. The molecule has 0 fully saturated rings. The molecule has 3 N–H and O–H groups in total. The summed E-state index contributed by atoms with van der Waals surface area (Å²) in [5.41, 5.74) is 0.706. The molecule has 0 amide bonds. The Kier molecular flexibility index (Phi) is 2.55. The van der Waals surface area contributed by atoms with Crippen LogP contribution in [0.2, 0.25) is 0 Å². The Morgan fingerprint density at radius 1 is 1.33 bits per heavy atom. The smallest absolute Gasteiger partial charge is 0.162 e.